The molecule has 0 fully saturated rings. The Morgan fingerprint density at radius 3 is 2.68 bits per heavy atom. The van der Waals surface area contributed by atoms with E-state index in [1.807, 2.05) is 55.5 Å². The fourth-order valence-corrected chi connectivity index (χ4v) is 3.41. The molecule has 1 heterocycles. The molecule has 6 nitrogen and oxygen atoms in total. The van der Waals surface area contributed by atoms with Crippen LogP contribution >= 0.6 is 11.6 Å². The number of benzene rings is 2. The summed E-state index contributed by atoms with van der Waals surface area (Å²) in [6.07, 6.45) is 4.21. The maximum absolute atomic E-state index is 11.7. The molecule has 0 radical (unpaired) electrons. The van der Waals surface area contributed by atoms with Crippen molar-refractivity contribution < 1.29 is 4.79 Å². The summed E-state index contributed by atoms with van der Waals surface area (Å²) in [5, 5.41) is 6.16. The first-order valence-electron chi connectivity index (χ1n) is 10.1. The Bertz CT molecular complexity index is 1070. The molecular weight excluding hydrogens is 410 g/mol. The van der Waals surface area contributed by atoms with E-state index in [0.717, 1.165) is 47.5 Å². The monoisotopic (exact) mass is 435 g/mol. The van der Waals surface area contributed by atoms with Crippen molar-refractivity contribution in [3.63, 3.8) is 0 Å². The Morgan fingerprint density at radius 2 is 1.94 bits per heavy atom. The van der Waals surface area contributed by atoms with Crippen molar-refractivity contribution in [2.24, 2.45) is 0 Å². The van der Waals surface area contributed by atoms with Crippen LogP contribution in [0.3, 0.4) is 0 Å². The molecule has 31 heavy (non-hydrogen) atoms. The average molecular weight is 436 g/mol. The van der Waals surface area contributed by atoms with Crippen molar-refractivity contribution in [1.29, 1.82) is 0 Å². The van der Waals surface area contributed by atoms with Crippen LogP contribution < -0.4 is 16.4 Å². The summed E-state index contributed by atoms with van der Waals surface area (Å²) in [4.78, 5) is 20.5. The maximum atomic E-state index is 11.7. The van der Waals surface area contributed by atoms with Crippen LogP contribution in [0.4, 0.5) is 16.4 Å². The predicted octanol–water partition coefficient (Wildman–Crippen LogP) is 5.17. The Hall–Kier alpha value is -3.38. The van der Waals surface area contributed by atoms with E-state index in [1.54, 1.807) is 6.08 Å². The summed E-state index contributed by atoms with van der Waals surface area (Å²) in [7, 11) is 0. The quantitative estimate of drug-likeness (QED) is 0.425. The Balaban J connectivity index is 1.59. The zero-order valence-electron chi connectivity index (χ0n) is 17.5. The normalized spacial score (nSPS) is 10.5. The van der Waals surface area contributed by atoms with E-state index >= 15 is 0 Å². The number of nitrogens with two attached hydrogens (primary N) is 1. The van der Waals surface area contributed by atoms with E-state index in [2.05, 4.69) is 27.2 Å². The number of rotatable bonds is 8. The van der Waals surface area contributed by atoms with Gasteiger partial charge in [-0.05, 0) is 61.6 Å². The standard InChI is InChI=1S/C24H26ClN5O/c1-3-14-27-24(31)29-18-12-10-17(11-13-18)6-4-7-19-15-22(30-23(26)28-19)20-8-5-9-21(25)16(20)2/h3,5,8-13,15H,1,4,6-7,14H2,2H3,(H2,26,28,30)(H2,27,29,31). The van der Waals surface area contributed by atoms with E-state index < -0.39 is 0 Å². The average Bonchev–Trinajstić information content (AvgIpc) is 2.75. The van der Waals surface area contributed by atoms with Gasteiger partial charge in [0.2, 0.25) is 5.95 Å². The van der Waals surface area contributed by atoms with E-state index in [4.69, 9.17) is 17.3 Å². The maximum Gasteiger partial charge on any atom is 0.319 e. The SMILES string of the molecule is C=CCNC(=O)Nc1ccc(CCCc2cc(-c3cccc(Cl)c3C)nc(N)n2)cc1. The third-order valence-electron chi connectivity index (χ3n) is 4.86. The molecule has 0 unspecified atom stereocenters. The lowest BCUT2D eigenvalue weighted by molar-refractivity contribution is 0.253. The summed E-state index contributed by atoms with van der Waals surface area (Å²) in [6.45, 7) is 5.97. The van der Waals surface area contributed by atoms with Gasteiger partial charge in [-0.25, -0.2) is 14.8 Å². The van der Waals surface area contributed by atoms with Crippen LogP contribution in [0.15, 0.2) is 61.2 Å². The van der Waals surface area contributed by atoms with Crippen molar-refractivity contribution in [2.45, 2.75) is 26.2 Å². The first-order valence-corrected chi connectivity index (χ1v) is 10.5. The molecule has 0 aliphatic carbocycles. The molecule has 0 aliphatic rings. The lowest BCUT2D eigenvalue weighted by atomic mass is 10.0. The van der Waals surface area contributed by atoms with Gasteiger partial charge in [0.05, 0.1) is 5.69 Å². The molecule has 0 saturated carbocycles. The number of hydrogen-bond donors (Lipinski definition) is 3. The van der Waals surface area contributed by atoms with E-state index in [9.17, 15) is 4.79 Å². The first kappa shape index (κ1) is 22.3. The number of hydrogen-bond acceptors (Lipinski definition) is 4. The van der Waals surface area contributed by atoms with Gasteiger partial charge in [-0.15, -0.1) is 6.58 Å². The number of carbonyl (C=O) groups excluding carboxylic acids is 1. The Labute approximate surface area is 187 Å². The molecule has 0 atom stereocenters. The third kappa shape index (κ3) is 6.30. The first-order chi connectivity index (χ1) is 15.0. The molecule has 0 bridgehead atoms. The molecule has 0 spiro atoms. The molecule has 3 aromatic rings. The molecule has 160 valence electrons. The number of nitrogens with one attached hydrogen (secondary N) is 2. The lowest BCUT2D eigenvalue weighted by Crippen LogP contribution is -2.28. The summed E-state index contributed by atoms with van der Waals surface area (Å²) >= 11 is 6.25. The van der Waals surface area contributed by atoms with Gasteiger partial charge >= 0.3 is 6.03 Å². The molecular formula is C24H26ClN5O. The van der Waals surface area contributed by atoms with Crippen molar-refractivity contribution in [3.8, 4) is 11.3 Å². The van der Waals surface area contributed by atoms with Gasteiger partial charge in [-0.3, -0.25) is 0 Å². The number of amides is 2. The van der Waals surface area contributed by atoms with Gasteiger partial charge in [0.1, 0.15) is 0 Å². The Kier molecular flexibility index (Phi) is 7.62. The number of urea groups is 1. The third-order valence-corrected chi connectivity index (χ3v) is 5.27. The highest BCUT2D eigenvalue weighted by atomic mass is 35.5. The number of aromatic nitrogens is 2. The second-order valence-electron chi connectivity index (χ2n) is 7.19. The van der Waals surface area contributed by atoms with Gasteiger partial charge in [0.25, 0.3) is 0 Å². The van der Waals surface area contributed by atoms with Crippen molar-refractivity contribution in [2.75, 3.05) is 17.6 Å². The topological polar surface area (TPSA) is 92.9 Å². The summed E-state index contributed by atoms with van der Waals surface area (Å²) in [5.41, 5.74) is 11.5. The molecule has 7 heteroatoms. The van der Waals surface area contributed by atoms with Crippen LogP contribution in [0.25, 0.3) is 11.3 Å². The van der Waals surface area contributed by atoms with Gasteiger partial charge in [0.15, 0.2) is 0 Å². The molecule has 0 saturated heterocycles. The fourth-order valence-electron chi connectivity index (χ4n) is 3.24. The van der Waals surface area contributed by atoms with Crippen molar-refractivity contribution in [1.82, 2.24) is 15.3 Å². The number of aryl methyl sites for hydroxylation is 2. The molecule has 3 rings (SSSR count). The number of carbonyl (C=O) groups is 1. The minimum Gasteiger partial charge on any atom is -0.368 e. The highest BCUT2D eigenvalue weighted by molar-refractivity contribution is 6.31. The highest BCUT2D eigenvalue weighted by Gasteiger charge is 2.10. The number of halogens is 1. The summed E-state index contributed by atoms with van der Waals surface area (Å²) < 4.78 is 0. The molecule has 0 aliphatic heterocycles. The fraction of sp³-hybridized carbons (Fsp3) is 0.208. The van der Waals surface area contributed by atoms with Gasteiger partial charge in [0, 0.05) is 28.5 Å². The van der Waals surface area contributed by atoms with Crippen LogP contribution in [0.1, 0.15) is 23.2 Å². The molecule has 2 amide bonds. The van der Waals surface area contributed by atoms with Crippen molar-refractivity contribution in [3.05, 3.63) is 83.0 Å². The number of nitrogens with zero attached hydrogens (tertiary/aromatic N) is 2. The van der Waals surface area contributed by atoms with Crippen LogP contribution in [-0.4, -0.2) is 22.5 Å². The van der Waals surface area contributed by atoms with Gasteiger partial charge in [-0.2, -0.15) is 0 Å². The van der Waals surface area contributed by atoms with Crippen LogP contribution in [0.2, 0.25) is 5.02 Å². The van der Waals surface area contributed by atoms with E-state index in [0.29, 0.717) is 11.6 Å². The van der Waals surface area contributed by atoms with Gasteiger partial charge in [-0.1, -0.05) is 41.9 Å². The molecule has 1 aromatic heterocycles. The van der Waals surface area contributed by atoms with E-state index in [-0.39, 0.29) is 12.0 Å². The lowest BCUT2D eigenvalue weighted by Gasteiger charge is -2.10. The zero-order chi connectivity index (χ0) is 22.2. The number of nitrogen functional groups attached to an aromatic ring is 1. The largest absolute Gasteiger partial charge is 0.368 e. The summed E-state index contributed by atoms with van der Waals surface area (Å²) in [5.74, 6) is 0.261. The second-order valence-corrected chi connectivity index (χ2v) is 7.60. The van der Waals surface area contributed by atoms with Crippen LogP contribution in [-0.2, 0) is 12.8 Å². The zero-order valence-corrected chi connectivity index (χ0v) is 18.2. The van der Waals surface area contributed by atoms with E-state index in [1.165, 1.54) is 5.56 Å². The highest BCUT2D eigenvalue weighted by Crippen LogP contribution is 2.28. The Morgan fingerprint density at radius 1 is 1.16 bits per heavy atom. The minimum absolute atomic E-state index is 0.250. The number of anilines is 2. The van der Waals surface area contributed by atoms with Gasteiger partial charge < -0.3 is 16.4 Å². The molecule has 4 N–H and O–H groups in total. The summed E-state index contributed by atoms with van der Waals surface area (Å²) in [6, 6.07) is 15.3. The second kappa shape index (κ2) is 10.6. The predicted molar refractivity (Wildman–Crippen MR) is 127 cm³/mol. The smallest absolute Gasteiger partial charge is 0.319 e. The van der Waals surface area contributed by atoms with Crippen LogP contribution in [0.5, 0.6) is 0 Å². The van der Waals surface area contributed by atoms with Crippen LogP contribution in [0, 0.1) is 6.92 Å². The molecule has 2 aromatic carbocycles. The minimum atomic E-state index is -0.250. The van der Waals surface area contributed by atoms with Crippen molar-refractivity contribution >= 4 is 29.3 Å².